The van der Waals surface area contributed by atoms with Gasteiger partial charge in [0.05, 0.1) is 27.4 Å². The van der Waals surface area contributed by atoms with Crippen LogP contribution < -0.4 is 14.8 Å². The summed E-state index contributed by atoms with van der Waals surface area (Å²) in [6.45, 7) is 8.68. The summed E-state index contributed by atoms with van der Waals surface area (Å²) in [5.41, 5.74) is 1.45. The number of hydrogen-bond donors (Lipinski definition) is 1. The second-order valence-corrected chi connectivity index (χ2v) is 10.1. The molecule has 2 rings (SSSR count). The van der Waals surface area contributed by atoms with Crippen LogP contribution in [0.15, 0.2) is 48.5 Å². The van der Waals surface area contributed by atoms with Crippen molar-refractivity contribution in [3.63, 3.8) is 0 Å². The third kappa shape index (κ3) is 6.76. The highest BCUT2D eigenvalue weighted by atomic mass is 31.2. The standard InChI is InChI=1S/C23H34NO5P/c1-17(2)15-28-30(25,29-16-18(3)4)23(24-19-10-8-7-9-11-19)21-14-20(26-5)12-13-22(21)27-6/h7-14,17-18,23-24H,15-16H2,1-6H3/t23-/m0/s1. The Morgan fingerprint density at radius 3 is 1.97 bits per heavy atom. The van der Waals surface area contributed by atoms with E-state index < -0.39 is 13.4 Å². The van der Waals surface area contributed by atoms with E-state index in [1.54, 1.807) is 26.4 Å². The number of para-hydroxylation sites is 1. The summed E-state index contributed by atoms with van der Waals surface area (Å²) in [7, 11) is -0.466. The molecule has 166 valence electrons. The van der Waals surface area contributed by atoms with Crippen molar-refractivity contribution in [1.82, 2.24) is 0 Å². The zero-order valence-corrected chi connectivity index (χ0v) is 19.6. The minimum atomic E-state index is -3.64. The van der Waals surface area contributed by atoms with Crippen molar-refractivity contribution in [1.29, 1.82) is 0 Å². The van der Waals surface area contributed by atoms with Gasteiger partial charge in [-0.25, -0.2) is 0 Å². The average Bonchev–Trinajstić information content (AvgIpc) is 2.75. The number of methoxy groups -OCH3 is 2. The molecule has 1 N–H and O–H groups in total. The summed E-state index contributed by atoms with van der Waals surface area (Å²) in [5.74, 6) is 0.828. The second-order valence-electron chi connectivity index (χ2n) is 7.94. The Morgan fingerprint density at radius 1 is 0.867 bits per heavy atom. The molecule has 0 radical (unpaired) electrons. The Balaban J connectivity index is 2.57. The maximum absolute atomic E-state index is 14.2. The van der Waals surface area contributed by atoms with E-state index in [1.807, 2.05) is 64.1 Å². The fourth-order valence-electron chi connectivity index (χ4n) is 2.76. The molecule has 1 atom stereocenters. The van der Waals surface area contributed by atoms with Crippen molar-refractivity contribution in [2.75, 3.05) is 32.8 Å². The largest absolute Gasteiger partial charge is 0.497 e. The van der Waals surface area contributed by atoms with Gasteiger partial charge in [-0.15, -0.1) is 0 Å². The predicted molar refractivity (Wildman–Crippen MR) is 122 cm³/mol. The fourth-order valence-corrected chi connectivity index (χ4v) is 5.00. The molecule has 0 aliphatic carbocycles. The number of nitrogens with one attached hydrogen (secondary N) is 1. The van der Waals surface area contributed by atoms with Crippen LogP contribution in [-0.2, 0) is 13.6 Å². The van der Waals surface area contributed by atoms with E-state index in [2.05, 4.69) is 5.32 Å². The molecule has 0 aliphatic heterocycles. The Kier molecular flexibility index (Phi) is 9.22. The van der Waals surface area contributed by atoms with Gasteiger partial charge in [0.2, 0.25) is 0 Å². The third-order valence-corrected chi connectivity index (χ3v) is 6.36. The normalized spacial score (nSPS) is 12.8. The molecule has 0 spiro atoms. The monoisotopic (exact) mass is 435 g/mol. The van der Waals surface area contributed by atoms with Crippen LogP contribution in [0.25, 0.3) is 0 Å². The van der Waals surface area contributed by atoms with Crippen LogP contribution in [-0.4, -0.2) is 27.4 Å². The quantitative estimate of drug-likeness (QED) is 0.392. The number of rotatable bonds is 12. The van der Waals surface area contributed by atoms with Crippen LogP contribution in [0.1, 0.15) is 39.0 Å². The molecular formula is C23H34NO5P. The van der Waals surface area contributed by atoms with Crippen molar-refractivity contribution in [2.45, 2.75) is 33.5 Å². The summed E-state index contributed by atoms with van der Waals surface area (Å²) in [6, 6.07) is 15.0. The van der Waals surface area contributed by atoms with Gasteiger partial charge in [-0.05, 0) is 42.2 Å². The molecule has 0 heterocycles. The SMILES string of the molecule is COc1ccc(OC)c([C@@H](Nc2ccccc2)P(=O)(OCC(C)C)OCC(C)C)c1. The van der Waals surface area contributed by atoms with Gasteiger partial charge in [0.1, 0.15) is 11.5 Å². The highest BCUT2D eigenvalue weighted by Crippen LogP contribution is 2.62. The van der Waals surface area contributed by atoms with Crippen molar-refractivity contribution >= 4 is 13.3 Å². The maximum atomic E-state index is 14.2. The first kappa shape index (κ1) is 24.3. The molecule has 6 nitrogen and oxygen atoms in total. The molecule has 0 amide bonds. The Morgan fingerprint density at radius 2 is 1.47 bits per heavy atom. The molecule has 7 heteroatoms. The fraction of sp³-hybridized carbons (Fsp3) is 0.478. The van der Waals surface area contributed by atoms with Gasteiger partial charge in [0, 0.05) is 11.3 Å². The summed E-state index contributed by atoms with van der Waals surface area (Å²) in [5, 5.41) is 3.36. The van der Waals surface area contributed by atoms with Gasteiger partial charge in [-0.3, -0.25) is 4.57 Å². The first-order valence-electron chi connectivity index (χ1n) is 10.2. The van der Waals surface area contributed by atoms with Crippen LogP contribution in [0.4, 0.5) is 5.69 Å². The Labute approximate surface area is 180 Å². The first-order valence-corrected chi connectivity index (χ1v) is 11.8. The van der Waals surface area contributed by atoms with Crippen LogP contribution in [0.3, 0.4) is 0 Å². The van der Waals surface area contributed by atoms with E-state index in [0.29, 0.717) is 30.3 Å². The maximum Gasteiger partial charge on any atom is 0.357 e. The zero-order chi connectivity index (χ0) is 22.1. The van der Waals surface area contributed by atoms with E-state index in [-0.39, 0.29) is 11.8 Å². The van der Waals surface area contributed by atoms with E-state index in [0.717, 1.165) is 5.69 Å². The van der Waals surface area contributed by atoms with Gasteiger partial charge in [0.15, 0.2) is 5.78 Å². The Bertz CT molecular complexity index is 810. The highest BCUT2D eigenvalue weighted by molar-refractivity contribution is 7.54. The van der Waals surface area contributed by atoms with E-state index in [1.165, 1.54) is 0 Å². The second kappa shape index (κ2) is 11.4. The molecule has 2 aromatic rings. The minimum Gasteiger partial charge on any atom is -0.497 e. The van der Waals surface area contributed by atoms with E-state index >= 15 is 0 Å². The highest BCUT2D eigenvalue weighted by Gasteiger charge is 2.40. The van der Waals surface area contributed by atoms with Gasteiger partial charge in [0.25, 0.3) is 0 Å². The van der Waals surface area contributed by atoms with Gasteiger partial charge in [-0.1, -0.05) is 45.9 Å². The Hall–Kier alpha value is -2.01. The number of anilines is 1. The lowest BCUT2D eigenvalue weighted by molar-refractivity contribution is 0.168. The molecule has 0 saturated heterocycles. The van der Waals surface area contributed by atoms with Gasteiger partial charge >= 0.3 is 7.60 Å². The predicted octanol–water partition coefficient (Wildman–Crippen LogP) is 6.35. The van der Waals surface area contributed by atoms with Crippen molar-refractivity contribution in [2.24, 2.45) is 11.8 Å². The zero-order valence-electron chi connectivity index (χ0n) is 18.8. The van der Waals surface area contributed by atoms with Crippen LogP contribution in [0.2, 0.25) is 0 Å². The van der Waals surface area contributed by atoms with Crippen LogP contribution in [0.5, 0.6) is 11.5 Å². The molecule has 0 aromatic heterocycles. The van der Waals surface area contributed by atoms with Gasteiger partial charge < -0.3 is 23.8 Å². The minimum absolute atomic E-state index is 0.200. The summed E-state index contributed by atoms with van der Waals surface area (Å²) in [6.07, 6.45) is 0. The first-order chi connectivity index (χ1) is 14.3. The number of ether oxygens (including phenoxy) is 2. The average molecular weight is 436 g/mol. The van der Waals surface area contributed by atoms with Gasteiger partial charge in [-0.2, -0.15) is 0 Å². The van der Waals surface area contributed by atoms with Crippen LogP contribution in [0, 0.1) is 11.8 Å². The lowest BCUT2D eigenvalue weighted by Gasteiger charge is -2.31. The molecule has 0 fully saturated rings. The number of benzene rings is 2. The van der Waals surface area contributed by atoms with E-state index in [9.17, 15) is 4.57 Å². The molecular weight excluding hydrogens is 401 g/mol. The van der Waals surface area contributed by atoms with Crippen molar-refractivity contribution in [3.8, 4) is 11.5 Å². The summed E-state index contributed by atoms with van der Waals surface area (Å²) < 4.78 is 37.1. The molecule has 0 unspecified atom stereocenters. The van der Waals surface area contributed by atoms with Crippen molar-refractivity contribution in [3.05, 3.63) is 54.1 Å². The molecule has 0 aliphatic rings. The smallest absolute Gasteiger partial charge is 0.357 e. The molecule has 0 bridgehead atoms. The summed E-state index contributed by atoms with van der Waals surface area (Å²) >= 11 is 0. The lowest BCUT2D eigenvalue weighted by Crippen LogP contribution is -2.18. The molecule has 0 saturated carbocycles. The van der Waals surface area contributed by atoms with Crippen molar-refractivity contribution < 1.29 is 23.1 Å². The van der Waals surface area contributed by atoms with Crippen LogP contribution >= 0.6 is 7.60 Å². The molecule has 2 aromatic carbocycles. The third-order valence-electron chi connectivity index (χ3n) is 4.30. The topological polar surface area (TPSA) is 66.0 Å². The summed E-state index contributed by atoms with van der Waals surface area (Å²) in [4.78, 5) is 0. The molecule has 30 heavy (non-hydrogen) atoms. The number of hydrogen-bond acceptors (Lipinski definition) is 6. The van der Waals surface area contributed by atoms with E-state index in [4.69, 9.17) is 18.5 Å². The lowest BCUT2D eigenvalue weighted by atomic mass is 10.1.